The SMILES string of the molecule is CCCn1cc[n+](Cc2cc(OC)cc(OC)c2)c1C(C)C. The number of hydrogen-bond acceptors (Lipinski definition) is 2. The van der Waals surface area contributed by atoms with Gasteiger partial charge in [0.1, 0.15) is 30.4 Å². The molecule has 0 amide bonds. The fourth-order valence-corrected chi connectivity index (χ4v) is 2.86. The number of rotatable bonds is 7. The number of aromatic nitrogens is 2. The van der Waals surface area contributed by atoms with Crippen LogP contribution in [0.25, 0.3) is 0 Å². The van der Waals surface area contributed by atoms with Crippen molar-refractivity contribution in [1.82, 2.24) is 4.57 Å². The summed E-state index contributed by atoms with van der Waals surface area (Å²) in [4.78, 5) is 0. The van der Waals surface area contributed by atoms with Crippen LogP contribution in [0.3, 0.4) is 0 Å². The van der Waals surface area contributed by atoms with Crippen LogP contribution in [0.1, 0.15) is 44.5 Å². The van der Waals surface area contributed by atoms with Gasteiger partial charge < -0.3 is 9.47 Å². The molecule has 0 aliphatic heterocycles. The zero-order chi connectivity index (χ0) is 16.1. The molecule has 0 saturated heterocycles. The number of nitrogens with zero attached hydrogens (tertiary/aromatic N) is 2. The van der Waals surface area contributed by atoms with E-state index in [1.54, 1.807) is 14.2 Å². The number of hydrogen-bond donors (Lipinski definition) is 0. The standard InChI is InChI=1S/C18H27N2O2/c1-6-7-19-8-9-20(18(19)14(2)3)13-15-10-16(21-4)12-17(11-15)22-5/h8-12,14H,6-7,13H2,1-5H3/q+1. The lowest BCUT2D eigenvalue weighted by molar-refractivity contribution is -0.696. The zero-order valence-corrected chi connectivity index (χ0v) is 14.3. The van der Waals surface area contributed by atoms with E-state index in [1.165, 1.54) is 11.4 Å². The summed E-state index contributed by atoms with van der Waals surface area (Å²) in [6.45, 7) is 8.56. The lowest BCUT2D eigenvalue weighted by atomic mass is 10.1. The molecule has 1 aromatic heterocycles. The van der Waals surface area contributed by atoms with Gasteiger partial charge in [0.25, 0.3) is 5.82 Å². The highest BCUT2D eigenvalue weighted by Gasteiger charge is 2.20. The number of benzene rings is 1. The van der Waals surface area contributed by atoms with Crippen molar-refractivity contribution in [1.29, 1.82) is 0 Å². The van der Waals surface area contributed by atoms with Gasteiger partial charge >= 0.3 is 0 Å². The Labute approximate surface area is 133 Å². The Bertz CT molecular complexity index is 595. The lowest BCUT2D eigenvalue weighted by Gasteiger charge is -2.10. The van der Waals surface area contributed by atoms with E-state index in [-0.39, 0.29) is 0 Å². The van der Waals surface area contributed by atoms with E-state index in [4.69, 9.17) is 9.47 Å². The number of ether oxygens (including phenoxy) is 2. The van der Waals surface area contributed by atoms with Crippen LogP contribution in [0.5, 0.6) is 11.5 Å². The van der Waals surface area contributed by atoms with Crippen LogP contribution in [0.15, 0.2) is 30.6 Å². The van der Waals surface area contributed by atoms with Crippen LogP contribution in [0.2, 0.25) is 0 Å². The molecule has 1 heterocycles. The van der Waals surface area contributed by atoms with Gasteiger partial charge in [0, 0.05) is 11.6 Å². The third kappa shape index (κ3) is 3.62. The number of methoxy groups -OCH3 is 2. The molecule has 0 saturated carbocycles. The maximum Gasteiger partial charge on any atom is 0.259 e. The Hall–Kier alpha value is -1.97. The van der Waals surface area contributed by atoms with Crippen LogP contribution in [-0.2, 0) is 13.1 Å². The van der Waals surface area contributed by atoms with Crippen molar-refractivity contribution in [2.24, 2.45) is 0 Å². The highest BCUT2D eigenvalue weighted by Crippen LogP contribution is 2.22. The molecule has 0 unspecified atom stereocenters. The second-order valence-corrected chi connectivity index (χ2v) is 5.85. The van der Waals surface area contributed by atoms with Gasteiger partial charge in [-0.15, -0.1) is 0 Å². The van der Waals surface area contributed by atoms with Crippen LogP contribution in [-0.4, -0.2) is 18.8 Å². The molecule has 0 spiro atoms. The lowest BCUT2D eigenvalue weighted by Crippen LogP contribution is -2.38. The molecule has 0 aliphatic carbocycles. The Balaban J connectivity index is 2.34. The maximum absolute atomic E-state index is 5.36. The van der Waals surface area contributed by atoms with Crippen LogP contribution >= 0.6 is 0 Å². The van der Waals surface area contributed by atoms with E-state index in [9.17, 15) is 0 Å². The fraction of sp³-hybridized carbons (Fsp3) is 0.500. The molecule has 2 aromatic rings. The molecule has 4 nitrogen and oxygen atoms in total. The van der Waals surface area contributed by atoms with Gasteiger partial charge in [-0.2, -0.15) is 0 Å². The van der Waals surface area contributed by atoms with Gasteiger partial charge in [-0.1, -0.05) is 20.8 Å². The highest BCUT2D eigenvalue weighted by molar-refractivity contribution is 5.38. The average Bonchev–Trinajstić information content (AvgIpc) is 2.89. The highest BCUT2D eigenvalue weighted by atomic mass is 16.5. The zero-order valence-electron chi connectivity index (χ0n) is 14.3. The minimum atomic E-state index is 0.481. The number of aryl methyl sites for hydroxylation is 1. The molecule has 1 aromatic carbocycles. The molecular weight excluding hydrogens is 276 g/mol. The Morgan fingerprint density at radius 1 is 1.09 bits per heavy atom. The smallest absolute Gasteiger partial charge is 0.259 e. The third-order valence-electron chi connectivity index (χ3n) is 3.76. The van der Waals surface area contributed by atoms with Crippen molar-refractivity contribution < 1.29 is 14.0 Å². The summed E-state index contributed by atoms with van der Waals surface area (Å²) in [5, 5.41) is 0. The molecule has 0 atom stereocenters. The summed E-state index contributed by atoms with van der Waals surface area (Å²) in [6.07, 6.45) is 5.48. The van der Waals surface area contributed by atoms with E-state index in [2.05, 4.69) is 54.4 Å². The molecule has 0 radical (unpaired) electrons. The number of imidazole rings is 1. The Morgan fingerprint density at radius 3 is 2.23 bits per heavy atom. The average molecular weight is 303 g/mol. The summed E-state index contributed by atoms with van der Waals surface area (Å²) >= 11 is 0. The molecule has 0 aliphatic rings. The first-order valence-corrected chi connectivity index (χ1v) is 7.89. The van der Waals surface area contributed by atoms with E-state index in [0.717, 1.165) is 31.0 Å². The van der Waals surface area contributed by atoms with E-state index in [0.29, 0.717) is 5.92 Å². The van der Waals surface area contributed by atoms with Gasteiger partial charge in [-0.3, -0.25) is 0 Å². The van der Waals surface area contributed by atoms with Crippen molar-refractivity contribution in [2.45, 2.75) is 46.2 Å². The van der Waals surface area contributed by atoms with Crippen molar-refractivity contribution in [3.05, 3.63) is 42.0 Å². The second-order valence-electron chi connectivity index (χ2n) is 5.85. The molecule has 2 rings (SSSR count). The summed E-state index contributed by atoms with van der Waals surface area (Å²) in [7, 11) is 3.37. The normalized spacial score (nSPS) is 11.0. The molecule has 0 fully saturated rings. The van der Waals surface area contributed by atoms with Crippen LogP contribution in [0.4, 0.5) is 0 Å². The Morgan fingerprint density at radius 2 is 1.73 bits per heavy atom. The quantitative estimate of drug-likeness (QED) is 0.733. The van der Waals surface area contributed by atoms with Crippen molar-refractivity contribution in [2.75, 3.05) is 14.2 Å². The van der Waals surface area contributed by atoms with Crippen molar-refractivity contribution in [3.63, 3.8) is 0 Å². The maximum atomic E-state index is 5.36. The Kier molecular flexibility index (Phi) is 5.47. The van der Waals surface area contributed by atoms with E-state index >= 15 is 0 Å². The molecule has 22 heavy (non-hydrogen) atoms. The van der Waals surface area contributed by atoms with Crippen LogP contribution < -0.4 is 14.0 Å². The molecule has 4 heteroatoms. The second kappa shape index (κ2) is 7.34. The predicted octanol–water partition coefficient (Wildman–Crippen LogP) is 3.37. The first-order valence-electron chi connectivity index (χ1n) is 7.89. The fourth-order valence-electron chi connectivity index (χ4n) is 2.86. The topological polar surface area (TPSA) is 27.3 Å². The van der Waals surface area contributed by atoms with Gasteiger partial charge in [-0.25, -0.2) is 9.13 Å². The molecular formula is C18H27N2O2+. The first-order chi connectivity index (χ1) is 10.6. The largest absolute Gasteiger partial charge is 0.497 e. The predicted molar refractivity (Wildman–Crippen MR) is 87.7 cm³/mol. The third-order valence-corrected chi connectivity index (χ3v) is 3.76. The summed E-state index contributed by atoms with van der Waals surface area (Å²) in [5.41, 5.74) is 1.18. The van der Waals surface area contributed by atoms with Gasteiger partial charge in [0.2, 0.25) is 0 Å². The molecule has 0 N–H and O–H groups in total. The summed E-state index contributed by atoms with van der Waals surface area (Å²) < 4.78 is 15.4. The van der Waals surface area contributed by atoms with Gasteiger partial charge in [-0.05, 0) is 18.6 Å². The van der Waals surface area contributed by atoms with E-state index < -0.39 is 0 Å². The molecule has 120 valence electrons. The minimum absolute atomic E-state index is 0.481. The van der Waals surface area contributed by atoms with Crippen LogP contribution in [0, 0.1) is 0 Å². The summed E-state index contributed by atoms with van der Waals surface area (Å²) in [5.74, 6) is 3.49. The van der Waals surface area contributed by atoms with Crippen molar-refractivity contribution >= 4 is 0 Å². The first kappa shape index (κ1) is 16.4. The van der Waals surface area contributed by atoms with Gasteiger partial charge in [0.15, 0.2) is 0 Å². The van der Waals surface area contributed by atoms with Gasteiger partial charge in [0.05, 0.1) is 26.7 Å². The minimum Gasteiger partial charge on any atom is -0.497 e. The van der Waals surface area contributed by atoms with E-state index in [1.807, 2.05) is 6.07 Å². The summed E-state index contributed by atoms with van der Waals surface area (Å²) in [6, 6.07) is 6.04. The molecule has 0 bridgehead atoms. The monoisotopic (exact) mass is 303 g/mol. The van der Waals surface area contributed by atoms with Crippen molar-refractivity contribution in [3.8, 4) is 11.5 Å².